The summed E-state index contributed by atoms with van der Waals surface area (Å²) in [5.74, 6) is 1.91. The molecule has 2 N–H and O–H groups in total. The maximum Gasteiger partial charge on any atom is 0.225 e. The first-order chi connectivity index (χ1) is 11.7. The largest absolute Gasteiger partial charge is 0.497 e. The smallest absolute Gasteiger partial charge is 0.225 e. The molecule has 0 spiro atoms. The SMILES string of the molecule is COc1ccc(Oc2ccc(NC(=O)CC3CCCN3)cn2)cc1. The average Bonchev–Trinajstić information content (AvgIpc) is 3.10. The summed E-state index contributed by atoms with van der Waals surface area (Å²) >= 11 is 0. The summed E-state index contributed by atoms with van der Waals surface area (Å²) in [5, 5.41) is 6.17. The number of rotatable bonds is 6. The Morgan fingerprint density at radius 1 is 1.25 bits per heavy atom. The first-order valence-electron chi connectivity index (χ1n) is 8.04. The van der Waals surface area contributed by atoms with Crippen LogP contribution in [0.2, 0.25) is 0 Å². The summed E-state index contributed by atoms with van der Waals surface area (Å²) in [6.45, 7) is 0.997. The number of hydrogen-bond acceptors (Lipinski definition) is 5. The Hall–Kier alpha value is -2.60. The third-order valence-electron chi connectivity index (χ3n) is 3.90. The summed E-state index contributed by atoms with van der Waals surface area (Å²) < 4.78 is 10.8. The fraction of sp³-hybridized carbons (Fsp3) is 0.333. The fourth-order valence-corrected chi connectivity index (χ4v) is 2.65. The molecule has 126 valence electrons. The van der Waals surface area contributed by atoms with Gasteiger partial charge in [0.2, 0.25) is 11.8 Å². The van der Waals surface area contributed by atoms with Crippen LogP contribution in [0.4, 0.5) is 5.69 Å². The highest BCUT2D eigenvalue weighted by molar-refractivity contribution is 5.90. The maximum absolute atomic E-state index is 12.0. The number of amides is 1. The van der Waals surface area contributed by atoms with Crippen LogP contribution in [0.5, 0.6) is 17.4 Å². The minimum atomic E-state index is 0.0000211. The molecule has 24 heavy (non-hydrogen) atoms. The second-order valence-corrected chi connectivity index (χ2v) is 5.71. The van der Waals surface area contributed by atoms with E-state index in [0.29, 0.717) is 23.7 Å². The zero-order valence-corrected chi connectivity index (χ0v) is 13.6. The van der Waals surface area contributed by atoms with Crippen LogP contribution in [0, 0.1) is 0 Å². The van der Waals surface area contributed by atoms with E-state index < -0.39 is 0 Å². The molecule has 1 aliphatic heterocycles. The number of hydrogen-bond donors (Lipinski definition) is 2. The van der Waals surface area contributed by atoms with Gasteiger partial charge in [0.15, 0.2) is 0 Å². The molecule has 6 heteroatoms. The van der Waals surface area contributed by atoms with Gasteiger partial charge in [-0.3, -0.25) is 4.79 Å². The zero-order valence-electron chi connectivity index (χ0n) is 13.6. The number of methoxy groups -OCH3 is 1. The zero-order chi connectivity index (χ0) is 16.8. The molecule has 1 fully saturated rings. The van der Waals surface area contributed by atoms with Crippen molar-refractivity contribution in [2.24, 2.45) is 0 Å². The van der Waals surface area contributed by atoms with Crippen molar-refractivity contribution in [3.05, 3.63) is 42.6 Å². The minimum Gasteiger partial charge on any atom is -0.497 e. The number of carbonyl (C=O) groups excluding carboxylic acids is 1. The van der Waals surface area contributed by atoms with Gasteiger partial charge in [-0.05, 0) is 49.7 Å². The Bertz CT molecular complexity index is 665. The Morgan fingerprint density at radius 3 is 2.67 bits per heavy atom. The van der Waals surface area contributed by atoms with Crippen LogP contribution in [-0.4, -0.2) is 30.6 Å². The molecule has 0 bridgehead atoms. The number of aromatic nitrogens is 1. The molecule has 2 heterocycles. The third kappa shape index (κ3) is 4.45. The molecule has 0 radical (unpaired) electrons. The summed E-state index contributed by atoms with van der Waals surface area (Å²) in [4.78, 5) is 16.2. The normalized spacial score (nSPS) is 16.6. The molecular formula is C18H21N3O3. The van der Waals surface area contributed by atoms with Gasteiger partial charge in [0.25, 0.3) is 0 Å². The molecular weight excluding hydrogens is 306 g/mol. The van der Waals surface area contributed by atoms with Gasteiger partial charge >= 0.3 is 0 Å². The van der Waals surface area contributed by atoms with Crippen LogP contribution in [0.25, 0.3) is 0 Å². The van der Waals surface area contributed by atoms with Gasteiger partial charge in [0.05, 0.1) is 19.0 Å². The van der Waals surface area contributed by atoms with E-state index in [-0.39, 0.29) is 11.9 Å². The van der Waals surface area contributed by atoms with Gasteiger partial charge in [0.1, 0.15) is 11.5 Å². The van der Waals surface area contributed by atoms with Crippen LogP contribution in [0.15, 0.2) is 42.6 Å². The lowest BCUT2D eigenvalue weighted by molar-refractivity contribution is -0.116. The molecule has 1 aromatic heterocycles. The van der Waals surface area contributed by atoms with E-state index >= 15 is 0 Å². The number of nitrogens with zero attached hydrogens (tertiary/aromatic N) is 1. The van der Waals surface area contributed by atoms with Crippen LogP contribution < -0.4 is 20.1 Å². The van der Waals surface area contributed by atoms with Crippen molar-refractivity contribution in [1.82, 2.24) is 10.3 Å². The standard InChI is InChI=1S/C18H21N3O3/c1-23-15-5-7-16(8-6-15)24-18-9-4-14(12-20-18)21-17(22)11-13-3-2-10-19-13/h4-9,12-13,19H,2-3,10-11H2,1H3,(H,21,22). The lowest BCUT2D eigenvalue weighted by Crippen LogP contribution is -2.27. The van der Waals surface area contributed by atoms with Crippen LogP contribution in [0.3, 0.4) is 0 Å². The molecule has 1 atom stereocenters. The van der Waals surface area contributed by atoms with Crippen molar-refractivity contribution in [1.29, 1.82) is 0 Å². The van der Waals surface area contributed by atoms with Crippen molar-refractivity contribution < 1.29 is 14.3 Å². The highest BCUT2D eigenvalue weighted by atomic mass is 16.5. The summed E-state index contributed by atoms with van der Waals surface area (Å²) in [5.41, 5.74) is 0.667. The molecule has 6 nitrogen and oxygen atoms in total. The van der Waals surface area contributed by atoms with Gasteiger partial charge < -0.3 is 20.1 Å². The Labute approximate surface area is 141 Å². The Balaban J connectivity index is 1.53. The van der Waals surface area contributed by atoms with E-state index in [4.69, 9.17) is 9.47 Å². The molecule has 1 unspecified atom stereocenters. The van der Waals surface area contributed by atoms with Crippen LogP contribution in [0.1, 0.15) is 19.3 Å². The van der Waals surface area contributed by atoms with E-state index in [9.17, 15) is 4.79 Å². The summed E-state index contributed by atoms with van der Waals surface area (Å²) in [6, 6.07) is 11.1. The molecule has 1 amide bonds. The molecule has 3 rings (SSSR count). The van der Waals surface area contributed by atoms with Gasteiger partial charge in [-0.2, -0.15) is 0 Å². The van der Waals surface area contributed by atoms with Crippen LogP contribution >= 0.6 is 0 Å². The van der Waals surface area contributed by atoms with Crippen molar-refractivity contribution >= 4 is 11.6 Å². The first-order valence-corrected chi connectivity index (χ1v) is 8.04. The van der Waals surface area contributed by atoms with E-state index in [1.54, 1.807) is 25.4 Å². The minimum absolute atomic E-state index is 0.0000211. The topological polar surface area (TPSA) is 72.5 Å². The predicted octanol–water partition coefficient (Wildman–Crippen LogP) is 2.96. The number of nitrogens with one attached hydrogen (secondary N) is 2. The molecule has 2 aromatic rings. The van der Waals surface area contributed by atoms with Crippen molar-refractivity contribution in [3.63, 3.8) is 0 Å². The number of ether oxygens (including phenoxy) is 2. The fourth-order valence-electron chi connectivity index (χ4n) is 2.65. The average molecular weight is 327 g/mol. The quantitative estimate of drug-likeness (QED) is 0.853. The van der Waals surface area contributed by atoms with Gasteiger partial charge in [-0.15, -0.1) is 0 Å². The lowest BCUT2D eigenvalue weighted by atomic mass is 10.1. The number of anilines is 1. The maximum atomic E-state index is 12.0. The van der Waals surface area contributed by atoms with E-state index in [1.807, 2.05) is 24.3 Å². The molecule has 1 saturated heterocycles. The summed E-state index contributed by atoms with van der Waals surface area (Å²) in [7, 11) is 1.62. The summed E-state index contributed by atoms with van der Waals surface area (Å²) in [6.07, 6.45) is 4.28. The Morgan fingerprint density at radius 2 is 2.04 bits per heavy atom. The predicted molar refractivity (Wildman–Crippen MR) is 91.6 cm³/mol. The van der Waals surface area contributed by atoms with Crippen LogP contribution in [-0.2, 0) is 4.79 Å². The van der Waals surface area contributed by atoms with Crippen molar-refractivity contribution in [2.45, 2.75) is 25.3 Å². The van der Waals surface area contributed by atoms with Crippen molar-refractivity contribution in [2.75, 3.05) is 19.0 Å². The van der Waals surface area contributed by atoms with Crippen molar-refractivity contribution in [3.8, 4) is 17.4 Å². The first kappa shape index (κ1) is 16.3. The molecule has 1 aromatic carbocycles. The third-order valence-corrected chi connectivity index (χ3v) is 3.90. The highest BCUT2D eigenvalue weighted by Crippen LogP contribution is 2.23. The monoisotopic (exact) mass is 327 g/mol. The lowest BCUT2D eigenvalue weighted by Gasteiger charge is -2.11. The second kappa shape index (κ2) is 7.79. The van der Waals surface area contributed by atoms with E-state index in [0.717, 1.165) is 25.1 Å². The van der Waals surface area contributed by atoms with Gasteiger partial charge in [0, 0.05) is 18.5 Å². The van der Waals surface area contributed by atoms with Gasteiger partial charge in [-0.25, -0.2) is 4.98 Å². The highest BCUT2D eigenvalue weighted by Gasteiger charge is 2.17. The van der Waals surface area contributed by atoms with Gasteiger partial charge in [-0.1, -0.05) is 0 Å². The Kier molecular flexibility index (Phi) is 5.28. The molecule has 0 saturated carbocycles. The molecule has 0 aliphatic carbocycles. The number of pyridine rings is 1. The van der Waals surface area contributed by atoms with E-state index in [1.165, 1.54) is 0 Å². The van der Waals surface area contributed by atoms with E-state index in [2.05, 4.69) is 15.6 Å². The molecule has 1 aliphatic rings. The number of carbonyl (C=O) groups is 1. The second-order valence-electron chi connectivity index (χ2n) is 5.71. The number of benzene rings is 1.